The minimum atomic E-state index is -3.28. The van der Waals surface area contributed by atoms with E-state index >= 15 is 0 Å². The average Bonchev–Trinajstić information content (AvgIpc) is 3.69. The summed E-state index contributed by atoms with van der Waals surface area (Å²) in [4.78, 5) is 0. The third-order valence-electron chi connectivity index (χ3n) is 16.1. The summed E-state index contributed by atoms with van der Waals surface area (Å²) >= 11 is 9.73. The van der Waals surface area contributed by atoms with Gasteiger partial charge in [-0.2, -0.15) is 0 Å². The van der Waals surface area contributed by atoms with Crippen molar-refractivity contribution >= 4 is 73.4 Å². The van der Waals surface area contributed by atoms with Crippen LogP contribution in [0.4, 0.5) is 0 Å². The predicted octanol–water partition coefficient (Wildman–Crippen LogP) is 18.1. The van der Waals surface area contributed by atoms with Crippen molar-refractivity contribution < 1.29 is 0 Å². The number of unbranched alkanes of at least 4 members (excludes halogenated alkanes) is 10. The van der Waals surface area contributed by atoms with Crippen LogP contribution in [0, 0.1) is 0 Å². The normalized spacial score (nSPS) is 14.1. The molecule has 0 saturated heterocycles. The zero-order valence-electron chi connectivity index (χ0n) is 42.2. The van der Waals surface area contributed by atoms with E-state index < -0.39 is 10.6 Å². The minimum absolute atomic E-state index is 0.101. The van der Waals surface area contributed by atoms with Crippen molar-refractivity contribution in [3.63, 3.8) is 0 Å². The predicted molar refractivity (Wildman–Crippen MR) is 324 cm³/mol. The molecule has 8 aromatic rings. The van der Waals surface area contributed by atoms with E-state index in [0.29, 0.717) is 0 Å². The Balaban J connectivity index is 1.24. The molecule has 0 radical (unpaired) electrons. The maximum atomic E-state index is 4.87. The van der Waals surface area contributed by atoms with Crippen LogP contribution >= 0.6 is 41.6 Å². The molecule has 9 rings (SSSR count). The van der Waals surface area contributed by atoms with Crippen LogP contribution in [0.15, 0.2) is 218 Å². The molecule has 366 valence electrons. The maximum absolute atomic E-state index is 4.87. The SMILES string of the molecule is CCCCCCCCC1(CCCCCCCC)c2cc(CP(Br)(c3ccccc3)(c3ccccc3)c3ccccc3)ccc2-c2ccc(CP(Br)(c3ccccc3)(c3ccccc3)c3ccccc3)cc21. The van der Waals surface area contributed by atoms with Gasteiger partial charge >= 0.3 is 433 Å². The Morgan fingerprint density at radius 1 is 0.310 bits per heavy atom. The fourth-order valence-corrected chi connectivity index (χ4v) is 27.8. The van der Waals surface area contributed by atoms with Crippen LogP contribution in [0.3, 0.4) is 0 Å². The van der Waals surface area contributed by atoms with Crippen LogP contribution in [0.2, 0.25) is 0 Å². The van der Waals surface area contributed by atoms with Gasteiger partial charge in [0.05, 0.1) is 0 Å². The second-order valence-corrected chi connectivity index (χ2v) is 38.4. The molecule has 1 aliphatic rings. The Labute approximate surface area is 443 Å². The standard InChI is InChI=1S/C67H74Br2P2/c1-3-5-7-9-11-31-49-67(50-32-12-10-8-6-4-2)65-51-55(53-70(68,57-33-19-13-20-34-57,58-35-21-14-22-36-58)59-37-23-15-24-38-59)45-47-63(65)64-48-46-56(52-66(64)67)54-71(69,60-39-25-16-26-40-60,61-41-27-17-28-42-61)62-43-29-18-30-44-62/h13-30,33-48,51-52H,3-12,31-32,49-50,53-54H2,1-2H3. The summed E-state index contributed by atoms with van der Waals surface area (Å²) in [6, 6.07) is 83.7. The molecule has 0 N–H and O–H groups in total. The van der Waals surface area contributed by atoms with Crippen molar-refractivity contribution in [2.75, 3.05) is 0 Å². The van der Waals surface area contributed by atoms with Crippen LogP contribution in [0.5, 0.6) is 0 Å². The Hall–Kier alpha value is -4.42. The molecule has 0 heterocycles. The number of hydrogen-bond acceptors (Lipinski definition) is 0. The van der Waals surface area contributed by atoms with E-state index in [0.717, 1.165) is 12.3 Å². The van der Waals surface area contributed by atoms with E-state index in [-0.39, 0.29) is 5.41 Å². The average molecular weight is 1100 g/mol. The van der Waals surface area contributed by atoms with E-state index in [4.69, 9.17) is 31.0 Å². The van der Waals surface area contributed by atoms with Crippen molar-refractivity contribution in [3.05, 3.63) is 241 Å². The van der Waals surface area contributed by atoms with Gasteiger partial charge in [0.2, 0.25) is 0 Å². The van der Waals surface area contributed by atoms with Gasteiger partial charge in [0.1, 0.15) is 0 Å². The van der Waals surface area contributed by atoms with Crippen molar-refractivity contribution in [1.29, 1.82) is 0 Å². The molecule has 0 nitrogen and oxygen atoms in total. The molecule has 71 heavy (non-hydrogen) atoms. The molecule has 0 bridgehead atoms. The van der Waals surface area contributed by atoms with Gasteiger partial charge in [-0.25, -0.2) is 0 Å². The van der Waals surface area contributed by atoms with E-state index in [1.165, 1.54) is 144 Å². The van der Waals surface area contributed by atoms with E-state index in [1.807, 2.05) is 0 Å². The molecule has 0 atom stereocenters. The molecule has 0 aliphatic heterocycles. The van der Waals surface area contributed by atoms with Gasteiger partial charge in [-0.1, -0.05) is 13.8 Å². The summed E-state index contributed by atoms with van der Waals surface area (Å²) < 4.78 is 0. The van der Waals surface area contributed by atoms with Gasteiger partial charge < -0.3 is 0 Å². The Morgan fingerprint density at radius 3 is 0.831 bits per heavy atom. The van der Waals surface area contributed by atoms with E-state index in [1.54, 1.807) is 11.1 Å². The molecule has 0 unspecified atom stereocenters. The molecule has 0 fully saturated rings. The fraction of sp³-hybridized carbons (Fsp3) is 0.284. The molecule has 8 aromatic carbocycles. The van der Waals surface area contributed by atoms with Crippen LogP contribution in [-0.2, 0) is 17.7 Å². The quantitative estimate of drug-likeness (QED) is 0.0418. The van der Waals surface area contributed by atoms with Crippen LogP contribution in [0.1, 0.15) is 126 Å². The Morgan fingerprint density at radius 2 is 0.563 bits per heavy atom. The molecule has 0 amide bonds. The van der Waals surface area contributed by atoms with Gasteiger partial charge in [0.25, 0.3) is 0 Å². The van der Waals surface area contributed by atoms with Crippen molar-refractivity contribution in [1.82, 2.24) is 0 Å². The summed E-state index contributed by atoms with van der Waals surface area (Å²) in [5.41, 5.74) is 8.69. The molecule has 0 aromatic heterocycles. The number of halogens is 2. The number of hydrogen-bond donors (Lipinski definition) is 0. The molecular weight excluding hydrogens is 1030 g/mol. The monoisotopic (exact) mass is 1100 g/mol. The number of fused-ring (bicyclic) bond motifs is 3. The topological polar surface area (TPSA) is 0 Å². The van der Waals surface area contributed by atoms with E-state index in [2.05, 4.69) is 232 Å². The first kappa shape index (κ1) is 51.5. The zero-order valence-corrected chi connectivity index (χ0v) is 47.2. The third kappa shape index (κ3) is 9.91. The molecule has 0 saturated carbocycles. The second kappa shape index (κ2) is 22.8. The summed E-state index contributed by atoms with van der Waals surface area (Å²) in [5, 5.41) is 1.62. The van der Waals surface area contributed by atoms with Crippen LogP contribution < -0.4 is 31.8 Å². The summed E-state index contributed by atoms with van der Waals surface area (Å²) in [6.45, 7) is 4.67. The molecule has 4 heteroatoms. The van der Waals surface area contributed by atoms with Gasteiger partial charge in [-0.05, 0) is 0 Å². The second-order valence-electron chi connectivity index (χ2n) is 20.6. The summed E-state index contributed by atoms with van der Waals surface area (Å²) in [7, 11) is 0. The van der Waals surface area contributed by atoms with Crippen LogP contribution in [0.25, 0.3) is 11.1 Å². The van der Waals surface area contributed by atoms with Crippen molar-refractivity contribution in [3.8, 4) is 11.1 Å². The van der Waals surface area contributed by atoms with Gasteiger partial charge in [0, 0.05) is 0 Å². The van der Waals surface area contributed by atoms with Gasteiger partial charge in [-0.15, -0.1) is 0 Å². The Bertz CT molecular complexity index is 2540. The number of benzene rings is 8. The van der Waals surface area contributed by atoms with Crippen molar-refractivity contribution in [2.24, 2.45) is 0 Å². The first-order valence-corrected chi connectivity index (χ1v) is 35.7. The van der Waals surface area contributed by atoms with E-state index in [9.17, 15) is 0 Å². The number of rotatable bonds is 24. The zero-order chi connectivity index (χ0) is 49.1. The molecule has 1 aliphatic carbocycles. The Kier molecular flexibility index (Phi) is 16.5. The molecular formula is C67H74Br2P2. The van der Waals surface area contributed by atoms with Crippen molar-refractivity contribution in [2.45, 2.75) is 121 Å². The van der Waals surface area contributed by atoms with Gasteiger partial charge in [-0.3, -0.25) is 0 Å². The fourth-order valence-electron chi connectivity index (χ4n) is 12.4. The first-order chi connectivity index (χ1) is 34.8. The molecule has 0 spiro atoms. The van der Waals surface area contributed by atoms with Crippen LogP contribution in [-0.4, -0.2) is 0 Å². The summed E-state index contributed by atoms with van der Waals surface area (Å²) in [5.74, 6) is 0. The van der Waals surface area contributed by atoms with Gasteiger partial charge in [0.15, 0.2) is 0 Å². The first-order valence-electron chi connectivity index (χ1n) is 26.8. The third-order valence-corrected chi connectivity index (χ3v) is 35.2. The summed E-state index contributed by atoms with van der Waals surface area (Å²) in [6.07, 6.45) is 19.6.